The molecule has 0 aromatic heterocycles. The molecule has 0 aliphatic rings. The highest BCUT2D eigenvalue weighted by Gasteiger charge is 2.37. The van der Waals surface area contributed by atoms with Crippen molar-refractivity contribution in [1.29, 1.82) is 0 Å². The van der Waals surface area contributed by atoms with Gasteiger partial charge in [-0.05, 0) is 24.6 Å². The van der Waals surface area contributed by atoms with Crippen LogP contribution in [0.15, 0.2) is 0 Å². The average Bonchev–Trinajstić information content (AvgIpc) is 2.20. The van der Waals surface area contributed by atoms with Crippen molar-refractivity contribution in [2.24, 2.45) is 5.92 Å². The maximum Gasteiger partial charge on any atom is 0.191 e. The van der Waals surface area contributed by atoms with Crippen LogP contribution in [0.3, 0.4) is 0 Å². The SMILES string of the molecule is CCCC[C@H](O)[C@H](C)CO[Si](C)(C)C(C)(C)C. The van der Waals surface area contributed by atoms with Crippen LogP contribution in [0.2, 0.25) is 18.1 Å². The quantitative estimate of drug-likeness (QED) is 0.695. The van der Waals surface area contributed by atoms with Crippen molar-refractivity contribution >= 4 is 8.32 Å². The second-order valence-electron chi connectivity index (χ2n) is 6.76. The summed E-state index contributed by atoms with van der Waals surface area (Å²) in [6.45, 7) is 16.2. The fraction of sp³-hybridized carbons (Fsp3) is 1.00. The van der Waals surface area contributed by atoms with Crippen LogP contribution in [0.4, 0.5) is 0 Å². The molecule has 0 bridgehead atoms. The van der Waals surface area contributed by atoms with Gasteiger partial charge in [-0.1, -0.05) is 47.5 Å². The van der Waals surface area contributed by atoms with Gasteiger partial charge in [-0.3, -0.25) is 0 Å². The van der Waals surface area contributed by atoms with E-state index in [1.54, 1.807) is 0 Å². The number of aliphatic hydroxyl groups is 1. The van der Waals surface area contributed by atoms with Gasteiger partial charge in [0, 0.05) is 12.5 Å². The summed E-state index contributed by atoms with van der Waals surface area (Å²) in [6.07, 6.45) is 2.94. The lowest BCUT2D eigenvalue weighted by atomic mass is 10.0. The van der Waals surface area contributed by atoms with Crippen molar-refractivity contribution in [2.75, 3.05) is 6.61 Å². The molecule has 0 aliphatic carbocycles. The molecule has 0 aromatic carbocycles. The normalized spacial score (nSPS) is 16.9. The number of hydrogen-bond acceptors (Lipinski definition) is 2. The summed E-state index contributed by atoms with van der Waals surface area (Å²) in [6, 6.07) is 0. The zero-order valence-corrected chi connectivity index (χ0v) is 13.8. The van der Waals surface area contributed by atoms with E-state index < -0.39 is 8.32 Å². The summed E-state index contributed by atoms with van der Waals surface area (Å²) in [4.78, 5) is 0. The molecule has 0 aliphatic heterocycles. The zero-order chi connectivity index (χ0) is 13.7. The molecule has 0 saturated carbocycles. The second kappa shape index (κ2) is 6.91. The van der Waals surface area contributed by atoms with E-state index in [9.17, 15) is 5.11 Å². The fourth-order valence-electron chi connectivity index (χ4n) is 1.37. The molecule has 0 fully saturated rings. The van der Waals surface area contributed by atoms with Crippen LogP contribution in [0.1, 0.15) is 53.9 Å². The zero-order valence-electron chi connectivity index (χ0n) is 12.8. The van der Waals surface area contributed by atoms with Gasteiger partial charge >= 0.3 is 0 Å². The van der Waals surface area contributed by atoms with Gasteiger partial charge in [0.2, 0.25) is 0 Å². The van der Waals surface area contributed by atoms with Gasteiger partial charge in [0.15, 0.2) is 8.32 Å². The van der Waals surface area contributed by atoms with Crippen molar-refractivity contribution in [2.45, 2.75) is 78.1 Å². The molecular weight excluding hydrogens is 228 g/mol. The minimum atomic E-state index is -1.66. The second-order valence-corrected chi connectivity index (χ2v) is 11.6. The maximum absolute atomic E-state index is 9.98. The molecule has 0 unspecified atom stereocenters. The summed E-state index contributed by atoms with van der Waals surface area (Å²) in [7, 11) is -1.66. The summed E-state index contributed by atoms with van der Waals surface area (Å²) in [5, 5.41) is 10.2. The van der Waals surface area contributed by atoms with Gasteiger partial charge in [-0.2, -0.15) is 0 Å². The molecule has 0 radical (unpaired) electrons. The molecule has 3 heteroatoms. The number of unbranched alkanes of at least 4 members (excludes halogenated alkanes) is 1. The van der Waals surface area contributed by atoms with Crippen molar-refractivity contribution in [3.05, 3.63) is 0 Å². The first-order valence-electron chi connectivity index (χ1n) is 6.94. The topological polar surface area (TPSA) is 29.5 Å². The third kappa shape index (κ3) is 6.02. The summed E-state index contributed by atoms with van der Waals surface area (Å²) in [5.41, 5.74) is 0. The molecule has 2 nitrogen and oxygen atoms in total. The Morgan fingerprint density at radius 2 is 1.76 bits per heavy atom. The van der Waals surface area contributed by atoms with E-state index in [-0.39, 0.29) is 17.1 Å². The third-order valence-corrected chi connectivity index (χ3v) is 8.52. The third-order valence-electron chi connectivity index (χ3n) is 4.02. The van der Waals surface area contributed by atoms with E-state index in [2.05, 4.69) is 47.7 Å². The molecular formula is C14H32O2Si. The first kappa shape index (κ1) is 17.1. The van der Waals surface area contributed by atoms with Gasteiger partial charge in [0.25, 0.3) is 0 Å². The molecule has 0 aromatic rings. The Hall–Kier alpha value is 0.137. The van der Waals surface area contributed by atoms with Crippen LogP contribution in [-0.2, 0) is 4.43 Å². The van der Waals surface area contributed by atoms with Gasteiger partial charge in [-0.15, -0.1) is 0 Å². The van der Waals surface area contributed by atoms with Gasteiger partial charge in [-0.25, -0.2) is 0 Å². The van der Waals surface area contributed by atoms with Gasteiger partial charge in [0.1, 0.15) is 0 Å². The Kier molecular flexibility index (Phi) is 6.96. The molecule has 0 spiro atoms. The highest BCUT2D eigenvalue weighted by Crippen LogP contribution is 2.36. The minimum Gasteiger partial charge on any atom is -0.416 e. The summed E-state index contributed by atoms with van der Waals surface area (Å²) >= 11 is 0. The molecule has 0 amide bonds. The highest BCUT2D eigenvalue weighted by atomic mass is 28.4. The molecule has 0 heterocycles. The number of rotatable bonds is 7. The van der Waals surface area contributed by atoms with E-state index >= 15 is 0 Å². The molecule has 2 atom stereocenters. The van der Waals surface area contributed by atoms with E-state index in [0.29, 0.717) is 6.61 Å². The first-order valence-corrected chi connectivity index (χ1v) is 9.84. The lowest BCUT2D eigenvalue weighted by Gasteiger charge is -2.37. The van der Waals surface area contributed by atoms with Crippen molar-refractivity contribution in [3.8, 4) is 0 Å². The minimum absolute atomic E-state index is 0.209. The van der Waals surface area contributed by atoms with E-state index in [1.807, 2.05) is 0 Å². The predicted molar refractivity (Wildman–Crippen MR) is 77.8 cm³/mol. The highest BCUT2D eigenvalue weighted by molar-refractivity contribution is 6.74. The molecule has 17 heavy (non-hydrogen) atoms. The van der Waals surface area contributed by atoms with Crippen LogP contribution in [0.5, 0.6) is 0 Å². The summed E-state index contributed by atoms with van der Waals surface area (Å²) < 4.78 is 6.14. The lowest BCUT2D eigenvalue weighted by Crippen LogP contribution is -2.42. The fourth-order valence-corrected chi connectivity index (χ4v) is 2.48. The Morgan fingerprint density at radius 3 is 2.18 bits per heavy atom. The van der Waals surface area contributed by atoms with Crippen LogP contribution < -0.4 is 0 Å². The van der Waals surface area contributed by atoms with E-state index in [4.69, 9.17) is 4.43 Å². The van der Waals surface area contributed by atoms with Crippen LogP contribution >= 0.6 is 0 Å². The average molecular weight is 260 g/mol. The Morgan fingerprint density at radius 1 is 1.24 bits per heavy atom. The van der Waals surface area contributed by atoms with Crippen molar-refractivity contribution in [1.82, 2.24) is 0 Å². The maximum atomic E-state index is 9.98. The molecule has 0 rings (SSSR count). The smallest absolute Gasteiger partial charge is 0.191 e. The van der Waals surface area contributed by atoms with E-state index in [1.165, 1.54) is 0 Å². The van der Waals surface area contributed by atoms with Crippen molar-refractivity contribution < 1.29 is 9.53 Å². The van der Waals surface area contributed by atoms with Gasteiger partial charge in [0.05, 0.1) is 6.10 Å². The lowest BCUT2D eigenvalue weighted by molar-refractivity contribution is 0.0718. The van der Waals surface area contributed by atoms with E-state index in [0.717, 1.165) is 19.3 Å². The first-order chi connectivity index (χ1) is 7.62. The van der Waals surface area contributed by atoms with Crippen molar-refractivity contribution in [3.63, 3.8) is 0 Å². The number of aliphatic hydroxyl groups excluding tert-OH is 1. The predicted octanol–water partition coefficient (Wildman–Crippen LogP) is 4.20. The standard InChI is InChI=1S/C14H32O2Si/c1-8-9-10-13(15)12(2)11-16-17(6,7)14(3,4)5/h12-13,15H,8-11H2,1-7H3/t12-,13+/m1/s1. The van der Waals surface area contributed by atoms with Crippen LogP contribution in [0.25, 0.3) is 0 Å². The molecule has 0 saturated heterocycles. The largest absolute Gasteiger partial charge is 0.416 e. The summed E-state index contributed by atoms with van der Waals surface area (Å²) in [5.74, 6) is 0.246. The molecule has 1 N–H and O–H groups in total. The number of hydrogen-bond donors (Lipinski definition) is 1. The van der Waals surface area contributed by atoms with Gasteiger partial charge < -0.3 is 9.53 Å². The Bertz CT molecular complexity index is 209. The van der Waals surface area contributed by atoms with Crippen LogP contribution in [0, 0.1) is 5.92 Å². The van der Waals surface area contributed by atoms with Crippen LogP contribution in [-0.4, -0.2) is 26.1 Å². The monoisotopic (exact) mass is 260 g/mol. The Labute approximate surface area is 109 Å². The Balaban J connectivity index is 4.10. The molecule has 104 valence electrons.